The third-order valence-electron chi connectivity index (χ3n) is 3.77. The highest BCUT2D eigenvalue weighted by atomic mass is 16.4. The van der Waals surface area contributed by atoms with Gasteiger partial charge in [0.05, 0.1) is 0 Å². The molecule has 2 aromatic rings. The predicted molar refractivity (Wildman–Crippen MR) is 89.6 cm³/mol. The number of benzene rings is 1. The third-order valence-corrected chi connectivity index (χ3v) is 3.77. The SMILES string of the molecule is Cc1cc(C(=O)N(CCN(C)C)Cc2cccc(O)c2)oc1C. The number of rotatable bonds is 6. The number of likely N-dealkylation sites (N-methyl/N-ethyl adjacent to an activating group) is 1. The lowest BCUT2D eigenvalue weighted by Crippen LogP contribution is -2.36. The lowest BCUT2D eigenvalue weighted by molar-refractivity contribution is 0.0698. The van der Waals surface area contributed by atoms with E-state index in [-0.39, 0.29) is 11.7 Å². The summed E-state index contributed by atoms with van der Waals surface area (Å²) in [7, 11) is 3.94. The first-order chi connectivity index (χ1) is 10.9. The van der Waals surface area contributed by atoms with Gasteiger partial charge in [0.15, 0.2) is 5.76 Å². The summed E-state index contributed by atoms with van der Waals surface area (Å²) in [6, 6.07) is 8.75. The lowest BCUT2D eigenvalue weighted by atomic mass is 10.2. The topological polar surface area (TPSA) is 56.9 Å². The average molecular weight is 316 g/mol. The van der Waals surface area contributed by atoms with Gasteiger partial charge < -0.3 is 19.3 Å². The van der Waals surface area contributed by atoms with E-state index >= 15 is 0 Å². The minimum atomic E-state index is -0.133. The quantitative estimate of drug-likeness (QED) is 0.890. The zero-order chi connectivity index (χ0) is 17.0. The molecular formula is C18H24N2O3. The Morgan fingerprint density at radius 3 is 2.48 bits per heavy atom. The second-order valence-corrected chi connectivity index (χ2v) is 6.05. The third kappa shape index (κ3) is 4.60. The molecule has 1 N–H and O–H groups in total. The summed E-state index contributed by atoms with van der Waals surface area (Å²) in [5.41, 5.74) is 1.86. The first kappa shape index (κ1) is 17.1. The van der Waals surface area contributed by atoms with Crippen LogP contribution in [0.3, 0.4) is 0 Å². The average Bonchev–Trinajstić information content (AvgIpc) is 2.82. The van der Waals surface area contributed by atoms with Crippen molar-refractivity contribution in [3.05, 3.63) is 53.0 Å². The molecule has 0 aliphatic carbocycles. The summed E-state index contributed by atoms with van der Waals surface area (Å²) >= 11 is 0. The van der Waals surface area contributed by atoms with Crippen LogP contribution in [0, 0.1) is 13.8 Å². The van der Waals surface area contributed by atoms with E-state index in [9.17, 15) is 9.90 Å². The lowest BCUT2D eigenvalue weighted by Gasteiger charge is -2.23. The van der Waals surface area contributed by atoms with Gasteiger partial charge in [-0.05, 0) is 57.3 Å². The maximum absolute atomic E-state index is 12.8. The maximum atomic E-state index is 12.8. The van der Waals surface area contributed by atoms with E-state index in [4.69, 9.17) is 4.42 Å². The number of carbonyl (C=O) groups excluding carboxylic acids is 1. The largest absolute Gasteiger partial charge is 0.508 e. The van der Waals surface area contributed by atoms with Gasteiger partial charge in [0.25, 0.3) is 5.91 Å². The number of aromatic hydroxyl groups is 1. The predicted octanol–water partition coefficient (Wildman–Crippen LogP) is 2.81. The Morgan fingerprint density at radius 1 is 1.17 bits per heavy atom. The molecule has 1 amide bonds. The molecule has 0 aliphatic rings. The van der Waals surface area contributed by atoms with Gasteiger partial charge in [0.2, 0.25) is 0 Å². The molecule has 0 spiro atoms. The van der Waals surface area contributed by atoms with Crippen LogP contribution >= 0.6 is 0 Å². The van der Waals surface area contributed by atoms with E-state index in [0.29, 0.717) is 18.8 Å². The second kappa shape index (κ2) is 7.33. The monoisotopic (exact) mass is 316 g/mol. The fourth-order valence-electron chi connectivity index (χ4n) is 2.28. The van der Waals surface area contributed by atoms with Gasteiger partial charge in [0.1, 0.15) is 11.5 Å². The van der Waals surface area contributed by atoms with Crippen LogP contribution in [0.5, 0.6) is 5.75 Å². The Kier molecular flexibility index (Phi) is 5.45. The van der Waals surface area contributed by atoms with Gasteiger partial charge in [-0.3, -0.25) is 4.79 Å². The van der Waals surface area contributed by atoms with Crippen molar-refractivity contribution in [2.45, 2.75) is 20.4 Å². The van der Waals surface area contributed by atoms with Crippen molar-refractivity contribution in [1.82, 2.24) is 9.80 Å². The van der Waals surface area contributed by atoms with Crippen molar-refractivity contribution < 1.29 is 14.3 Å². The molecule has 1 aromatic carbocycles. The summed E-state index contributed by atoms with van der Waals surface area (Å²) in [5, 5.41) is 9.61. The van der Waals surface area contributed by atoms with Crippen molar-refractivity contribution in [1.29, 1.82) is 0 Å². The number of phenols is 1. The number of hydrogen-bond donors (Lipinski definition) is 1. The Bertz CT molecular complexity index is 657. The molecule has 1 aromatic heterocycles. The molecule has 0 atom stereocenters. The van der Waals surface area contributed by atoms with Crippen molar-refractivity contribution in [3.63, 3.8) is 0 Å². The molecule has 2 rings (SSSR count). The Labute approximate surface area is 137 Å². The fraction of sp³-hybridized carbons (Fsp3) is 0.389. The molecule has 5 heteroatoms. The van der Waals surface area contributed by atoms with E-state index < -0.39 is 0 Å². The summed E-state index contributed by atoms with van der Waals surface area (Å²) in [4.78, 5) is 16.5. The Hall–Kier alpha value is -2.27. The van der Waals surface area contributed by atoms with Gasteiger partial charge in [-0.2, -0.15) is 0 Å². The van der Waals surface area contributed by atoms with Gasteiger partial charge >= 0.3 is 0 Å². The van der Waals surface area contributed by atoms with Crippen LogP contribution < -0.4 is 0 Å². The van der Waals surface area contributed by atoms with E-state index in [1.165, 1.54) is 0 Å². The van der Waals surface area contributed by atoms with Crippen LogP contribution in [0.15, 0.2) is 34.7 Å². The molecule has 0 saturated carbocycles. The van der Waals surface area contributed by atoms with Gasteiger partial charge in [0, 0.05) is 19.6 Å². The molecule has 0 fully saturated rings. The van der Waals surface area contributed by atoms with Crippen LogP contribution in [0.1, 0.15) is 27.4 Å². The minimum Gasteiger partial charge on any atom is -0.508 e. The molecule has 0 saturated heterocycles. The molecule has 124 valence electrons. The van der Waals surface area contributed by atoms with Crippen molar-refractivity contribution in [3.8, 4) is 5.75 Å². The second-order valence-electron chi connectivity index (χ2n) is 6.05. The fourth-order valence-corrected chi connectivity index (χ4v) is 2.28. The molecule has 0 bridgehead atoms. The highest BCUT2D eigenvalue weighted by Gasteiger charge is 2.20. The highest BCUT2D eigenvalue weighted by Crippen LogP contribution is 2.18. The number of hydrogen-bond acceptors (Lipinski definition) is 4. The normalized spacial score (nSPS) is 11.0. The van der Waals surface area contributed by atoms with E-state index in [2.05, 4.69) is 0 Å². The summed E-state index contributed by atoms with van der Waals surface area (Å²) in [5.74, 6) is 1.19. The number of aryl methyl sites for hydroxylation is 2. The van der Waals surface area contributed by atoms with Crippen LogP contribution in [-0.4, -0.2) is 48.0 Å². The molecular weight excluding hydrogens is 292 g/mol. The summed E-state index contributed by atoms with van der Waals surface area (Å²) in [6.45, 7) is 5.55. The number of phenolic OH excluding ortho intramolecular Hbond substituents is 1. The van der Waals surface area contributed by atoms with Crippen LogP contribution in [0.4, 0.5) is 0 Å². The molecule has 5 nitrogen and oxygen atoms in total. The highest BCUT2D eigenvalue weighted by molar-refractivity contribution is 5.91. The van der Waals surface area contributed by atoms with E-state index in [1.807, 2.05) is 38.9 Å². The molecule has 1 heterocycles. The minimum absolute atomic E-state index is 0.133. The van der Waals surface area contributed by atoms with E-state index in [0.717, 1.165) is 23.4 Å². The Morgan fingerprint density at radius 2 is 1.91 bits per heavy atom. The molecule has 0 radical (unpaired) electrons. The van der Waals surface area contributed by atoms with Crippen molar-refractivity contribution in [2.24, 2.45) is 0 Å². The number of carbonyl (C=O) groups is 1. The zero-order valence-corrected chi connectivity index (χ0v) is 14.2. The molecule has 0 unspecified atom stereocenters. The number of furan rings is 1. The van der Waals surface area contributed by atoms with Crippen LogP contribution in [-0.2, 0) is 6.54 Å². The first-order valence-corrected chi connectivity index (χ1v) is 7.65. The number of amides is 1. The summed E-state index contributed by atoms with van der Waals surface area (Å²) < 4.78 is 5.57. The van der Waals surface area contributed by atoms with Gasteiger partial charge in [-0.1, -0.05) is 12.1 Å². The van der Waals surface area contributed by atoms with Crippen LogP contribution in [0.2, 0.25) is 0 Å². The van der Waals surface area contributed by atoms with E-state index in [1.54, 1.807) is 29.2 Å². The Balaban J connectivity index is 2.20. The first-order valence-electron chi connectivity index (χ1n) is 7.65. The standard InChI is InChI=1S/C18H24N2O3/c1-13-10-17(23-14(13)2)18(22)20(9-8-19(3)4)12-15-6-5-7-16(21)11-15/h5-7,10-11,21H,8-9,12H2,1-4H3. The van der Waals surface area contributed by atoms with Gasteiger partial charge in [-0.15, -0.1) is 0 Å². The number of nitrogens with zero attached hydrogens (tertiary/aromatic N) is 2. The van der Waals surface area contributed by atoms with Crippen LogP contribution in [0.25, 0.3) is 0 Å². The summed E-state index contributed by atoms with van der Waals surface area (Å²) in [6.07, 6.45) is 0. The van der Waals surface area contributed by atoms with Gasteiger partial charge in [-0.25, -0.2) is 0 Å². The smallest absolute Gasteiger partial charge is 0.289 e. The van der Waals surface area contributed by atoms with Crippen molar-refractivity contribution in [2.75, 3.05) is 27.2 Å². The maximum Gasteiger partial charge on any atom is 0.289 e. The zero-order valence-electron chi connectivity index (χ0n) is 14.2. The van der Waals surface area contributed by atoms with Crippen molar-refractivity contribution >= 4 is 5.91 Å². The molecule has 0 aliphatic heterocycles. The molecule has 23 heavy (non-hydrogen) atoms.